The molecular weight excluding hydrogens is 218 g/mol. The summed E-state index contributed by atoms with van der Waals surface area (Å²) in [5.41, 5.74) is 1.16. The van der Waals surface area contributed by atoms with E-state index in [4.69, 9.17) is 0 Å². The zero-order valence-electron chi connectivity index (χ0n) is 9.65. The van der Waals surface area contributed by atoms with Gasteiger partial charge in [-0.05, 0) is 43.2 Å². The van der Waals surface area contributed by atoms with E-state index in [0.29, 0.717) is 11.8 Å². The van der Waals surface area contributed by atoms with E-state index in [1.807, 2.05) is 30.0 Å². The fourth-order valence-corrected chi connectivity index (χ4v) is 3.06. The first-order valence-corrected chi connectivity index (χ1v) is 7.11. The minimum absolute atomic E-state index is 0.354. The Bertz CT molecular complexity index is 342. The molecule has 0 saturated heterocycles. The second-order valence-corrected chi connectivity index (χ2v) is 5.56. The fourth-order valence-electron chi connectivity index (χ4n) is 2.27. The van der Waals surface area contributed by atoms with Crippen LogP contribution in [0.1, 0.15) is 24.8 Å². The minimum Gasteiger partial charge on any atom is -0.508 e. The van der Waals surface area contributed by atoms with E-state index in [9.17, 15) is 5.11 Å². The van der Waals surface area contributed by atoms with Gasteiger partial charge in [-0.2, -0.15) is 11.8 Å². The van der Waals surface area contributed by atoms with Gasteiger partial charge in [0.05, 0.1) is 0 Å². The Morgan fingerprint density at radius 2 is 2.31 bits per heavy atom. The third-order valence-electron chi connectivity index (χ3n) is 3.22. The van der Waals surface area contributed by atoms with Crippen LogP contribution in [0.3, 0.4) is 0 Å². The van der Waals surface area contributed by atoms with Gasteiger partial charge >= 0.3 is 0 Å². The molecule has 2 unspecified atom stereocenters. The lowest BCUT2D eigenvalue weighted by Crippen LogP contribution is -2.26. The minimum atomic E-state index is 0.354. The molecule has 1 aromatic carbocycles. The number of hydrogen-bond donors (Lipinski definition) is 2. The lowest BCUT2D eigenvalue weighted by molar-refractivity contribution is 0.472. The van der Waals surface area contributed by atoms with E-state index < -0.39 is 0 Å². The summed E-state index contributed by atoms with van der Waals surface area (Å²) >= 11 is 1.98. The predicted molar refractivity (Wildman–Crippen MR) is 69.9 cm³/mol. The fraction of sp³-hybridized carbons (Fsp3) is 0.538. The van der Waals surface area contributed by atoms with Gasteiger partial charge in [-0.3, -0.25) is 0 Å². The molecule has 0 spiro atoms. The van der Waals surface area contributed by atoms with Crippen molar-refractivity contribution in [3.8, 4) is 5.75 Å². The van der Waals surface area contributed by atoms with Crippen LogP contribution < -0.4 is 5.32 Å². The lowest BCUT2D eigenvalue weighted by Gasteiger charge is -2.12. The van der Waals surface area contributed by atoms with E-state index in [1.165, 1.54) is 19.3 Å². The maximum absolute atomic E-state index is 9.35. The van der Waals surface area contributed by atoms with E-state index in [-0.39, 0.29) is 0 Å². The van der Waals surface area contributed by atoms with Crippen LogP contribution >= 0.6 is 11.8 Å². The Morgan fingerprint density at radius 3 is 3.00 bits per heavy atom. The van der Waals surface area contributed by atoms with E-state index in [2.05, 4.69) is 11.6 Å². The van der Waals surface area contributed by atoms with Gasteiger partial charge in [0.2, 0.25) is 0 Å². The summed E-state index contributed by atoms with van der Waals surface area (Å²) in [6, 6.07) is 8.13. The third kappa shape index (κ3) is 3.16. The lowest BCUT2D eigenvalue weighted by atomic mass is 10.2. The molecule has 2 rings (SSSR count). The first-order chi connectivity index (χ1) is 7.78. The van der Waals surface area contributed by atoms with Crippen molar-refractivity contribution in [2.24, 2.45) is 0 Å². The maximum atomic E-state index is 9.35. The van der Waals surface area contributed by atoms with Crippen molar-refractivity contribution >= 4 is 11.8 Å². The first kappa shape index (κ1) is 11.8. The molecule has 3 heteroatoms. The van der Waals surface area contributed by atoms with Gasteiger partial charge < -0.3 is 10.4 Å². The summed E-state index contributed by atoms with van der Waals surface area (Å²) < 4.78 is 0. The number of aromatic hydroxyl groups is 1. The van der Waals surface area contributed by atoms with Crippen molar-refractivity contribution in [1.29, 1.82) is 0 Å². The molecule has 1 fully saturated rings. The quantitative estimate of drug-likeness (QED) is 0.844. The molecule has 1 aliphatic carbocycles. The SMILES string of the molecule is CSC1CCC(NCc2cccc(O)c2)C1. The Morgan fingerprint density at radius 1 is 1.44 bits per heavy atom. The number of phenols is 1. The van der Waals surface area contributed by atoms with Crippen LogP contribution in [0.5, 0.6) is 5.75 Å². The van der Waals surface area contributed by atoms with Crippen LogP contribution in [-0.2, 0) is 6.54 Å². The highest BCUT2D eigenvalue weighted by Gasteiger charge is 2.23. The summed E-state index contributed by atoms with van der Waals surface area (Å²) in [5, 5.41) is 13.8. The predicted octanol–water partition coefficient (Wildman–Crippen LogP) is 2.77. The van der Waals surface area contributed by atoms with Crippen molar-refractivity contribution in [2.45, 2.75) is 37.1 Å². The van der Waals surface area contributed by atoms with Gasteiger partial charge in [-0.1, -0.05) is 12.1 Å². The highest BCUT2D eigenvalue weighted by molar-refractivity contribution is 7.99. The maximum Gasteiger partial charge on any atom is 0.115 e. The molecule has 2 atom stereocenters. The standard InChI is InChI=1S/C13H19NOS/c1-16-13-6-5-11(8-13)14-9-10-3-2-4-12(15)7-10/h2-4,7,11,13-15H,5-6,8-9H2,1H3. The zero-order valence-corrected chi connectivity index (χ0v) is 10.5. The Balaban J connectivity index is 1.80. The number of rotatable bonds is 4. The van der Waals surface area contributed by atoms with Crippen molar-refractivity contribution in [3.63, 3.8) is 0 Å². The van der Waals surface area contributed by atoms with Gasteiger partial charge in [0.25, 0.3) is 0 Å². The normalized spacial score (nSPS) is 24.8. The number of benzene rings is 1. The molecule has 2 nitrogen and oxygen atoms in total. The molecular formula is C13H19NOS. The summed E-state index contributed by atoms with van der Waals surface area (Å²) in [6.07, 6.45) is 6.09. The molecule has 16 heavy (non-hydrogen) atoms. The molecule has 88 valence electrons. The van der Waals surface area contributed by atoms with Crippen molar-refractivity contribution in [1.82, 2.24) is 5.32 Å². The van der Waals surface area contributed by atoms with Crippen molar-refractivity contribution in [2.75, 3.05) is 6.26 Å². The molecule has 1 aromatic rings. The summed E-state index contributed by atoms with van der Waals surface area (Å²) in [4.78, 5) is 0. The second kappa shape index (κ2) is 5.60. The number of thioether (sulfide) groups is 1. The third-order valence-corrected chi connectivity index (χ3v) is 4.32. The number of hydrogen-bond acceptors (Lipinski definition) is 3. The van der Waals surface area contributed by atoms with Crippen LogP contribution in [0.25, 0.3) is 0 Å². The van der Waals surface area contributed by atoms with Gasteiger partial charge in [0.1, 0.15) is 5.75 Å². The second-order valence-electron chi connectivity index (χ2n) is 4.42. The zero-order chi connectivity index (χ0) is 11.4. The molecule has 0 bridgehead atoms. The Hall–Kier alpha value is -0.670. The molecule has 0 aromatic heterocycles. The average Bonchev–Trinajstić information content (AvgIpc) is 2.74. The smallest absolute Gasteiger partial charge is 0.115 e. The Kier molecular flexibility index (Phi) is 4.13. The van der Waals surface area contributed by atoms with Crippen LogP contribution in [0.4, 0.5) is 0 Å². The molecule has 1 aliphatic rings. The van der Waals surface area contributed by atoms with Crippen molar-refractivity contribution in [3.05, 3.63) is 29.8 Å². The van der Waals surface area contributed by atoms with Crippen molar-refractivity contribution < 1.29 is 5.11 Å². The molecule has 0 radical (unpaired) electrons. The van der Waals surface area contributed by atoms with Crippen LogP contribution in [0.2, 0.25) is 0 Å². The first-order valence-electron chi connectivity index (χ1n) is 5.82. The van der Waals surface area contributed by atoms with E-state index >= 15 is 0 Å². The molecule has 0 heterocycles. The molecule has 2 N–H and O–H groups in total. The van der Waals surface area contributed by atoms with Gasteiger partial charge in [-0.15, -0.1) is 0 Å². The van der Waals surface area contributed by atoms with Gasteiger partial charge in [0, 0.05) is 17.8 Å². The van der Waals surface area contributed by atoms with Crippen LogP contribution in [0.15, 0.2) is 24.3 Å². The topological polar surface area (TPSA) is 32.3 Å². The highest BCUT2D eigenvalue weighted by atomic mass is 32.2. The number of nitrogens with one attached hydrogen (secondary N) is 1. The highest BCUT2D eigenvalue weighted by Crippen LogP contribution is 2.28. The van der Waals surface area contributed by atoms with Crippen LogP contribution in [-0.4, -0.2) is 22.7 Å². The molecule has 0 aliphatic heterocycles. The Labute approximate surface area is 101 Å². The average molecular weight is 237 g/mol. The van der Waals surface area contributed by atoms with E-state index in [0.717, 1.165) is 17.4 Å². The number of phenolic OH excluding ortho intramolecular Hbond substituents is 1. The van der Waals surface area contributed by atoms with Crippen LogP contribution in [0, 0.1) is 0 Å². The van der Waals surface area contributed by atoms with Gasteiger partial charge in [-0.25, -0.2) is 0 Å². The summed E-state index contributed by atoms with van der Waals surface area (Å²) in [6.45, 7) is 0.861. The van der Waals surface area contributed by atoms with Gasteiger partial charge in [0.15, 0.2) is 0 Å². The summed E-state index contributed by atoms with van der Waals surface area (Å²) in [5.74, 6) is 0.354. The summed E-state index contributed by atoms with van der Waals surface area (Å²) in [7, 11) is 0. The van der Waals surface area contributed by atoms with E-state index in [1.54, 1.807) is 6.07 Å². The molecule has 0 amide bonds. The largest absolute Gasteiger partial charge is 0.508 e. The molecule has 1 saturated carbocycles. The monoisotopic (exact) mass is 237 g/mol.